The first kappa shape index (κ1) is 19.1. The number of aliphatic hydroxyl groups is 2. The maximum Gasteiger partial charge on any atom is 0.258 e. The zero-order chi connectivity index (χ0) is 19.2. The van der Waals surface area contributed by atoms with E-state index in [4.69, 9.17) is 14.4 Å². The van der Waals surface area contributed by atoms with Gasteiger partial charge in [0.2, 0.25) is 5.82 Å². The van der Waals surface area contributed by atoms with Crippen LogP contribution in [0.15, 0.2) is 53.1 Å². The van der Waals surface area contributed by atoms with Crippen molar-refractivity contribution in [2.75, 3.05) is 13.2 Å². The van der Waals surface area contributed by atoms with Gasteiger partial charge in [-0.15, -0.1) is 0 Å². The Balaban J connectivity index is 1.68. The van der Waals surface area contributed by atoms with Gasteiger partial charge in [0.1, 0.15) is 18.5 Å². The highest BCUT2D eigenvalue weighted by Gasteiger charge is 2.11. The van der Waals surface area contributed by atoms with Gasteiger partial charge in [-0.1, -0.05) is 31.1 Å². The number of benzene rings is 2. The molecule has 1 atom stereocenters. The van der Waals surface area contributed by atoms with E-state index in [2.05, 4.69) is 36.1 Å². The van der Waals surface area contributed by atoms with Gasteiger partial charge in [0.15, 0.2) is 0 Å². The highest BCUT2D eigenvalue weighted by molar-refractivity contribution is 5.60. The number of hydrogen-bond donors (Lipinski definition) is 2. The first-order valence-electron chi connectivity index (χ1n) is 9.00. The molecule has 2 N–H and O–H groups in total. The van der Waals surface area contributed by atoms with Crippen molar-refractivity contribution in [1.82, 2.24) is 10.1 Å². The molecule has 3 rings (SSSR count). The van der Waals surface area contributed by atoms with Crippen molar-refractivity contribution in [3.05, 3.63) is 54.1 Å². The van der Waals surface area contributed by atoms with E-state index in [1.807, 2.05) is 24.3 Å². The molecule has 6 heteroatoms. The van der Waals surface area contributed by atoms with Crippen molar-refractivity contribution in [3.8, 4) is 28.6 Å². The van der Waals surface area contributed by atoms with Crippen LogP contribution in [0, 0.1) is 5.92 Å². The van der Waals surface area contributed by atoms with Gasteiger partial charge in [-0.25, -0.2) is 0 Å². The summed E-state index contributed by atoms with van der Waals surface area (Å²) in [4.78, 5) is 4.47. The molecule has 0 spiro atoms. The highest BCUT2D eigenvalue weighted by Crippen LogP contribution is 2.24. The van der Waals surface area contributed by atoms with Gasteiger partial charge in [-0.2, -0.15) is 4.98 Å². The van der Waals surface area contributed by atoms with Crippen LogP contribution in [0.25, 0.3) is 22.8 Å². The molecule has 0 saturated carbocycles. The molecule has 0 aliphatic heterocycles. The molecule has 0 aliphatic carbocycles. The zero-order valence-electron chi connectivity index (χ0n) is 15.5. The third kappa shape index (κ3) is 5.15. The Kier molecular flexibility index (Phi) is 6.21. The number of nitrogens with zero attached hydrogens (tertiary/aromatic N) is 2. The average Bonchev–Trinajstić information content (AvgIpc) is 3.17. The van der Waals surface area contributed by atoms with E-state index in [1.54, 1.807) is 12.1 Å². The topological polar surface area (TPSA) is 88.6 Å². The third-order valence-corrected chi connectivity index (χ3v) is 4.04. The van der Waals surface area contributed by atoms with Gasteiger partial charge in [0.25, 0.3) is 5.89 Å². The Labute approximate surface area is 158 Å². The first-order chi connectivity index (χ1) is 13.0. The van der Waals surface area contributed by atoms with Crippen LogP contribution in [0.3, 0.4) is 0 Å². The number of hydrogen-bond acceptors (Lipinski definition) is 6. The van der Waals surface area contributed by atoms with E-state index >= 15 is 0 Å². The highest BCUT2D eigenvalue weighted by atomic mass is 16.5. The molecule has 3 aromatic rings. The molecule has 0 fully saturated rings. The molecule has 27 heavy (non-hydrogen) atoms. The van der Waals surface area contributed by atoms with E-state index in [0.29, 0.717) is 23.4 Å². The van der Waals surface area contributed by atoms with Crippen molar-refractivity contribution in [2.45, 2.75) is 26.4 Å². The van der Waals surface area contributed by atoms with Crippen LogP contribution in [0.1, 0.15) is 19.4 Å². The predicted octanol–water partition coefficient (Wildman–Crippen LogP) is 3.33. The minimum atomic E-state index is -0.892. The smallest absolute Gasteiger partial charge is 0.258 e. The van der Waals surface area contributed by atoms with Gasteiger partial charge in [0, 0.05) is 11.1 Å². The van der Waals surface area contributed by atoms with Crippen LogP contribution in [0.2, 0.25) is 0 Å². The summed E-state index contributed by atoms with van der Waals surface area (Å²) in [6, 6.07) is 15.3. The van der Waals surface area contributed by atoms with Gasteiger partial charge in [-0.3, -0.25) is 0 Å². The van der Waals surface area contributed by atoms with Crippen molar-refractivity contribution in [1.29, 1.82) is 0 Å². The van der Waals surface area contributed by atoms with Crippen LogP contribution in [-0.2, 0) is 6.42 Å². The molecular formula is C21H24N2O4. The van der Waals surface area contributed by atoms with Crippen LogP contribution in [0.4, 0.5) is 0 Å². The molecule has 142 valence electrons. The summed E-state index contributed by atoms with van der Waals surface area (Å²) in [5.41, 5.74) is 2.98. The van der Waals surface area contributed by atoms with Crippen molar-refractivity contribution in [2.24, 2.45) is 5.92 Å². The fourth-order valence-corrected chi connectivity index (χ4v) is 2.66. The number of aromatic nitrogens is 2. The van der Waals surface area contributed by atoms with Gasteiger partial charge in [0.05, 0.1) is 6.61 Å². The van der Waals surface area contributed by atoms with Crippen LogP contribution >= 0.6 is 0 Å². The fourth-order valence-electron chi connectivity index (χ4n) is 2.66. The largest absolute Gasteiger partial charge is 0.491 e. The van der Waals surface area contributed by atoms with Crippen LogP contribution in [0.5, 0.6) is 5.75 Å². The Morgan fingerprint density at radius 3 is 2.30 bits per heavy atom. The summed E-state index contributed by atoms with van der Waals surface area (Å²) in [5.74, 6) is 2.19. The Hall–Kier alpha value is -2.70. The lowest BCUT2D eigenvalue weighted by Crippen LogP contribution is -2.21. The Morgan fingerprint density at radius 2 is 1.67 bits per heavy atom. The molecule has 1 aromatic heterocycles. The van der Waals surface area contributed by atoms with E-state index in [-0.39, 0.29) is 13.2 Å². The van der Waals surface area contributed by atoms with Crippen molar-refractivity contribution in [3.63, 3.8) is 0 Å². The summed E-state index contributed by atoms with van der Waals surface area (Å²) in [6.07, 6.45) is 0.149. The summed E-state index contributed by atoms with van der Waals surface area (Å²) < 4.78 is 10.8. The van der Waals surface area contributed by atoms with Crippen LogP contribution < -0.4 is 4.74 Å². The lowest BCUT2D eigenvalue weighted by atomic mass is 10.0. The summed E-state index contributed by atoms with van der Waals surface area (Å²) in [7, 11) is 0. The van der Waals surface area contributed by atoms with Gasteiger partial charge < -0.3 is 19.5 Å². The quantitative estimate of drug-likeness (QED) is 0.634. The maximum atomic E-state index is 9.32. The van der Waals surface area contributed by atoms with Crippen molar-refractivity contribution >= 4 is 0 Å². The SMILES string of the molecule is CC(C)Cc1ccc(-c2nc(-c3ccc(OCC(O)CO)cc3)no2)cc1. The Bertz CT molecular complexity index is 841. The van der Waals surface area contributed by atoms with Crippen molar-refractivity contribution < 1.29 is 19.5 Å². The molecule has 6 nitrogen and oxygen atoms in total. The van der Waals surface area contributed by atoms with Crippen LogP contribution in [-0.4, -0.2) is 39.7 Å². The summed E-state index contributed by atoms with van der Waals surface area (Å²) >= 11 is 0. The fraction of sp³-hybridized carbons (Fsp3) is 0.333. The summed E-state index contributed by atoms with van der Waals surface area (Å²) in [6.45, 7) is 4.10. The molecule has 0 amide bonds. The normalized spacial score (nSPS) is 12.3. The van der Waals surface area contributed by atoms with E-state index in [1.165, 1.54) is 5.56 Å². The third-order valence-electron chi connectivity index (χ3n) is 4.04. The molecule has 1 heterocycles. The minimum absolute atomic E-state index is 0.0367. The van der Waals surface area contributed by atoms with E-state index < -0.39 is 6.10 Å². The zero-order valence-corrected chi connectivity index (χ0v) is 15.5. The second-order valence-corrected chi connectivity index (χ2v) is 6.89. The summed E-state index contributed by atoms with van der Waals surface area (Å²) in [5, 5.41) is 22.2. The lowest BCUT2D eigenvalue weighted by molar-refractivity contribution is 0.0536. The molecule has 0 bridgehead atoms. The lowest BCUT2D eigenvalue weighted by Gasteiger charge is -2.09. The Morgan fingerprint density at radius 1 is 1.00 bits per heavy atom. The second kappa shape index (κ2) is 8.79. The number of rotatable bonds is 8. The van der Waals surface area contributed by atoms with Gasteiger partial charge >= 0.3 is 0 Å². The number of aliphatic hydroxyl groups excluding tert-OH is 2. The van der Waals surface area contributed by atoms with E-state index in [9.17, 15) is 5.11 Å². The molecule has 2 aromatic carbocycles. The van der Waals surface area contributed by atoms with E-state index in [0.717, 1.165) is 17.5 Å². The number of ether oxygens (including phenoxy) is 1. The molecule has 1 unspecified atom stereocenters. The molecular weight excluding hydrogens is 344 g/mol. The van der Waals surface area contributed by atoms with Gasteiger partial charge in [-0.05, 0) is 54.3 Å². The standard InChI is InChI=1S/C21H24N2O4/c1-14(2)11-15-3-5-17(6-4-15)21-22-20(23-27-21)16-7-9-19(10-8-16)26-13-18(25)12-24/h3-10,14,18,24-25H,11-13H2,1-2H3. The molecule has 0 saturated heterocycles. The average molecular weight is 368 g/mol. The minimum Gasteiger partial charge on any atom is -0.491 e. The monoisotopic (exact) mass is 368 g/mol. The first-order valence-corrected chi connectivity index (χ1v) is 9.00. The second-order valence-electron chi connectivity index (χ2n) is 6.89. The maximum absolute atomic E-state index is 9.32. The molecule has 0 radical (unpaired) electrons. The predicted molar refractivity (Wildman–Crippen MR) is 102 cm³/mol. The molecule has 0 aliphatic rings.